The largest absolute Gasteiger partial charge is 0.381 e. The Hall–Kier alpha value is -1.06. The van der Waals surface area contributed by atoms with Crippen LogP contribution in [-0.4, -0.2) is 28.6 Å². The third-order valence-electron chi connectivity index (χ3n) is 4.00. The number of hydrogen-bond acceptors (Lipinski definition) is 2. The molecule has 1 aliphatic rings. The second-order valence-electron chi connectivity index (χ2n) is 5.65. The van der Waals surface area contributed by atoms with Gasteiger partial charge in [0.25, 0.3) is 0 Å². The molecule has 3 nitrogen and oxygen atoms in total. The summed E-state index contributed by atoms with van der Waals surface area (Å²) in [6, 6.07) is 6.49. The summed E-state index contributed by atoms with van der Waals surface area (Å²) in [5.74, 6) is 2.31. The molecular weight excluding hydrogens is 272 g/mol. The number of rotatable bonds is 4. The quantitative estimate of drug-likeness (QED) is 0.806. The molecule has 1 saturated heterocycles. The van der Waals surface area contributed by atoms with Crippen molar-refractivity contribution in [1.29, 1.82) is 0 Å². The monoisotopic (exact) mass is 292 g/mol. The number of imidazole rings is 1. The number of halogens is 1. The summed E-state index contributed by atoms with van der Waals surface area (Å²) < 4.78 is 7.95. The van der Waals surface area contributed by atoms with Crippen molar-refractivity contribution in [1.82, 2.24) is 9.55 Å². The van der Waals surface area contributed by atoms with Crippen molar-refractivity contribution in [2.24, 2.45) is 5.92 Å². The second kappa shape index (κ2) is 6.15. The molecule has 1 aromatic heterocycles. The predicted octanol–water partition coefficient (Wildman–Crippen LogP) is 3.55. The van der Waals surface area contributed by atoms with E-state index < -0.39 is 0 Å². The Morgan fingerprint density at radius 2 is 2.35 bits per heavy atom. The van der Waals surface area contributed by atoms with E-state index in [-0.39, 0.29) is 0 Å². The average molecular weight is 293 g/mol. The first-order chi connectivity index (χ1) is 9.78. The van der Waals surface area contributed by atoms with E-state index in [9.17, 15) is 0 Å². The summed E-state index contributed by atoms with van der Waals surface area (Å²) in [6.07, 6.45) is 3.23. The molecule has 0 bridgehead atoms. The van der Waals surface area contributed by atoms with Gasteiger partial charge < -0.3 is 9.30 Å². The Kier molecular flexibility index (Phi) is 4.27. The maximum atomic E-state index is 5.93. The highest BCUT2D eigenvalue weighted by atomic mass is 35.5. The van der Waals surface area contributed by atoms with E-state index in [2.05, 4.69) is 29.7 Å². The minimum Gasteiger partial charge on any atom is -0.381 e. The van der Waals surface area contributed by atoms with E-state index in [0.29, 0.717) is 11.8 Å². The van der Waals surface area contributed by atoms with Gasteiger partial charge in [-0.05, 0) is 37.5 Å². The molecule has 20 heavy (non-hydrogen) atoms. The Bertz CT molecular complexity index is 587. The highest BCUT2D eigenvalue weighted by Crippen LogP contribution is 2.23. The average Bonchev–Trinajstić information content (AvgIpc) is 2.77. The molecule has 4 heteroatoms. The fourth-order valence-corrected chi connectivity index (χ4v) is 3.15. The maximum Gasteiger partial charge on any atom is 0.111 e. The summed E-state index contributed by atoms with van der Waals surface area (Å²) in [5.41, 5.74) is 3.56. The lowest BCUT2D eigenvalue weighted by Gasteiger charge is -2.23. The van der Waals surface area contributed by atoms with Crippen LogP contribution < -0.4 is 0 Å². The van der Waals surface area contributed by atoms with Crippen molar-refractivity contribution < 1.29 is 4.74 Å². The summed E-state index contributed by atoms with van der Waals surface area (Å²) in [5, 5.41) is 0. The molecule has 1 aromatic carbocycles. The summed E-state index contributed by atoms with van der Waals surface area (Å²) >= 11 is 5.93. The van der Waals surface area contributed by atoms with Crippen LogP contribution in [0.2, 0.25) is 0 Å². The summed E-state index contributed by atoms with van der Waals surface area (Å²) in [7, 11) is 0. The Morgan fingerprint density at radius 1 is 1.45 bits per heavy atom. The lowest BCUT2D eigenvalue weighted by Crippen LogP contribution is -2.23. The van der Waals surface area contributed by atoms with Crippen molar-refractivity contribution in [3.8, 4) is 0 Å². The number of nitrogens with zero attached hydrogens (tertiary/aromatic N) is 2. The maximum absolute atomic E-state index is 5.93. The van der Waals surface area contributed by atoms with Gasteiger partial charge >= 0.3 is 0 Å². The number of benzene rings is 1. The Morgan fingerprint density at radius 3 is 3.10 bits per heavy atom. The molecule has 0 spiro atoms. The van der Waals surface area contributed by atoms with Crippen molar-refractivity contribution in [3.05, 3.63) is 29.6 Å². The first kappa shape index (κ1) is 13.9. The predicted molar refractivity (Wildman–Crippen MR) is 82.4 cm³/mol. The Balaban J connectivity index is 1.95. The molecule has 108 valence electrons. The van der Waals surface area contributed by atoms with E-state index in [1.807, 2.05) is 0 Å². The van der Waals surface area contributed by atoms with Gasteiger partial charge in [0.05, 0.1) is 17.6 Å². The summed E-state index contributed by atoms with van der Waals surface area (Å²) in [6.45, 7) is 4.88. The van der Waals surface area contributed by atoms with Gasteiger partial charge in [0, 0.05) is 31.4 Å². The number of alkyl halides is 1. The first-order valence-electron chi connectivity index (χ1n) is 7.37. The van der Waals surface area contributed by atoms with Crippen LogP contribution in [0.4, 0.5) is 0 Å². The molecule has 1 fully saturated rings. The van der Waals surface area contributed by atoms with Crippen LogP contribution in [0.3, 0.4) is 0 Å². The Labute approximate surface area is 124 Å². The first-order valence-corrected chi connectivity index (χ1v) is 7.91. The fraction of sp³-hybridized carbons (Fsp3) is 0.562. The number of aryl methyl sites for hydroxylation is 2. The molecule has 0 radical (unpaired) electrons. The van der Waals surface area contributed by atoms with E-state index >= 15 is 0 Å². The number of hydrogen-bond donors (Lipinski definition) is 0. The third-order valence-corrected chi connectivity index (χ3v) is 4.19. The molecule has 1 atom stereocenters. The standard InChI is InChI=1S/C16H21ClN2O/c1-12-4-5-15-14(9-12)18-16(6-7-17)19(15)10-13-3-2-8-20-11-13/h4-5,9,13H,2-3,6-8,10-11H2,1H3. The van der Waals surface area contributed by atoms with Crippen LogP contribution in [0.25, 0.3) is 11.0 Å². The summed E-state index contributed by atoms with van der Waals surface area (Å²) in [4.78, 5) is 4.77. The molecule has 0 N–H and O–H groups in total. The molecule has 1 aliphatic heterocycles. The topological polar surface area (TPSA) is 27.1 Å². The number of aromatic nitrogens is 2. The van der Waals surface area contributed by atoms with Gasteiger partial charge in [0.1, 0.15) is 5.82 Å². The van der Waals surface area contributed by atoms with Crippen LogP contribution in [0.5, 0.6) is 0 Å². The fourth-order valence-electron chi connectivity index (χ4n) is 2.98. The van der Waals surface area contributed by atoms with Gasteiger partial charge in [0.2, 0.25) is 0 Å². The molecule has 1 unspecified atom stereocenters. The van der Waals surface area contributed by atoms with Crippen LogP contribution in [0.1, 0.15) is 24.2 Å². The highest BCUT2D eigenvalue weighted by Gasteiger charge is 2.18. The van der Waals surface area contributed by atoms with E-state index in [0.717, 1.165) is 37.5 Å². The molecule has 3 rings (SSSR count). The molecular formula is C16H21ClN2O. The van der Waals surface area contributed by atoms with Crippen molar-refractivity contribution in [3.63, 3.8) is 0 Å². The minimum absolute atomic E-state index is 0.594. The van der Waals surface area contributed by atoms with Gasteiger partial charge in [0.15, 0.2) is 0 Å². The minimum atomic E-state index is 0.594. The van der Waals surface area contributed by atoms with Crippen LogP contribution in [-0.2, 0) is 17.7 Å². The van der Waals surface area contributed by atoms with Crippen molar-refractivity contribution in [2.45, 2.75) is 32.7 Å². The van der Waals surface area contributed by atoms with Crippen LogP contribution in [0.15, 0.2) is 18.2 Å². The van der Waals surface area contributed by atoms with Gasteiger partial charge in [-0.15, -0.1) is 11.6 Å². The van der Waals surface area contributed by atoms with E-state index in [1.54, 1.807) is 0 Å². The zero-order valence-corrected chi connectivity index (χ0v) is 12.7. The van der Waals surface area contributed by atoms with Crippen molar-refractivity contribution >= 4 is 22.6 Å². The molecule has 0 aliphatic carbocycles. The van der Waals surface area contributed by atoms with E-state index in [4.69, 9.17) is 21.3 Å². The zero-order chi connectivity index (χ0) is 13.9. The van der Waals surface area contributed by atoms with Gasteiger partial charge in [-0.25, -0.2) is 4.98 Å². The molecule has 2 heterocycles. The molecule has 2 aromatic rings. The zero-order valence-electron chi connectivity index (χ0n) is 11.9. The SMILES string of the molecule is Cc1ccc2c(c1)nc(CCCl)n2CC1CCCOC1. The van der Waals surface area contributed by atoms with E-state index in [1.165, 1.54) is 23.9 Å². The number of fused-ring (bicyclic) bond motifs is 1. The number of ether oxygens (including phenoxy) is 1. The van der Waals surface area contributed by atoms with Crippen molar-refractivity contribution in [2.75, 3.05) is 19.1 Å². The highest BCUT2D eigenvalue weighted by molar-refractivity contribution is 6.17. The van der Waals surface area contributed by atoms with Crippen LogP contribution in [0, 0.1) is 12.8 Å². The smallest absolute Gasteiger partial charge is 0.111 e. The second-order valence-corrected chi connectivity index (χ2v) is 6.03. The molecule has 0 amide bonds. The normalized spacial score (nSPS) is 19.6. The lowest BCUT2D eigenvalue weighted by molar-refractivity contribution is 0.0485. The van der Waals surface area contributed by atoms with Crippen LogP contribution >= 0.6 is 11.6 Å². The molecule has 0 saturated carbocycles. The third kappa shape index (κ3) is 2.84. The lowest BCUT2D eigenvalue weighted by atomic mass is 10.0. The van der Waals surface area contributed by atoms with Gasteiger partial charge in [-0.2, -0.15) is 0 Å². The van der Waals surface area contributed by atoms with Gasteiger partial charge in [-0.3, -0.25) is 0 Å². The van der Waals surface area contributed by atoms with Gasteiger partial charge in [-0.1, -0.05) is 6.07 Å².